The van der Waals surface area contributed by atoms with Gasteiger partial charge in [0.2, 0.25) is 11.8 Å². The van der Waals surface area contributed by atoms with E-state index in [-0.39, 0.29) is 71.2 Å². The Hall–Kier alpha value is -1.67. The normalized spacial score (nSPS) is 34.5. The fourth-order valence-electron chi connectivity index (χ4n) is 12.1. The Balaban J connectivity index is 1.15. The van der Waals surface area contributed by atoms with Crippen molar-refractivity contribution in [2.24, 2.45) is 46.3 Å². The molecule has 4 rings (SSSR count). The van der Waals surface area contributed by atoms with Crippen LogP contribution in [-0.2, 0) is 14.4 Å². The molecule has 8 nitrogen and oxygen atoms in total. The first-order valence-corrected chi connectivity index (χ1v) is 22.1. The minimum Gasteiger partial charge on any atom is -0.480 e. The molecule has 0 unspecified atom stereocenters. The number of carboxylic acids is 1. The van der Waals surface area contributed by atoms with Crippen LogP contribution in [0.2, 0.25) is 0 Å². The van der Waals surface area contributed by atoms with Gasteiger partial charge < -0.3 is 26.0 Å². The predicted molar refractivity (Wildman–Crippen MR) is 209 cm³/mol. The quantitative estimate of drug-likeness (QED) is 0.0667. The lowest BCUT2D eigenvalue weighted by atomic mass is 9.43. The van der Waals surface area contributed by atoms with E-state index < -0.39 is 18.2 Å². The van der Waals surface area contributed by atoms with E-state index in [1.807, 2.05) is 0 Å². The van der Waals surface area contributed by atoms with E-state index in [0.717, 1.165) is 51.4 Å². The number of amides is 2. The van der Waals surface area contributed by atoms with Crippen LogP contribution in [-0.4, -0.2) is 57.9 Å². The molecule has 4 aliphatic rings. The van der Waals surface area contributed by atoms with Crippen molar-refractivity contribution in [2.75, 3.05) is 6.54 Å². The van der Waals surface area contributed by atoms with Crippen LogP contribution in [0.5, 0.6) is 0 Å². The molecule has 0 heterocycles. The van der Waals surface area contributed by atoms with Gasteiger partial charge in [-0.05, 0) is 104 Å². The van der Waals surface area contributed by atoms with Crippen molar-refractivity contribution in [3.63, 3.8) is 0 Å². The van der Waals surface area contributed by atoms with Crippen LogP contribution in [0.25, 0.3) is 0 Å². The van der Waals surface area contributed by atoms with Gasteiger partial charge in [0.1, 0.15) is 6.54 Å². The summed E-state index contributed by atoms with van der Waals surface area (Å²) in [6.07, 6.45) is 26.9. The first-order valence-electron chi connectivity index (χ1n) is 22.1. The van der Waals surface area contributed by atoms with Crippen LogP contribution in [0, 0.1) is 46.3 Å². The lowest BCUT2D eigenvalue weighted by Crippen LogP contribution is -2.63. The van der Waals surface area contributed by atoms with Gasteiger partial charge in [-0.25, -0.2) is 0 Å². The number of aliphatic carboxylic acids is 1. The van der Waals surface area contributed by atoms with Crippen molar-refractivity contribution >= 4 is 17.8 Å². The van der Waals surface area contributed by atoms with E-state index in [1.54, 1.807) is 0 Å². The maximum Gasteiger partial charge on any atom is 0.322 e. The second kappa shape index (κ2) is 20.9. The summed E-state index contributed by atoms with van der Waals surface area (Å²) in [6.45, 7) is 8.74. The number of fused-ring (bicyclic) bond motifs is 5. The Labute approximate surface area is 316 Å². The molecule has 0 radical (unpaired) electrons. The third-order valence-electron chi connectivity index (χ3n) is 15.2. The lowest BCUT2D eigenvalue weighted by Gasteiger charge is -2.63. The van der Waals surface area contributed by atoms with Crippen LogP contribution >= 0.6 is 0 Å². The number of nitrogens with one attached hydrogen (secondary N) is 2. The van der Waals surface area contributed by atoms with Crippen molar-refractivity contribution in [1.82, 2.24) is 10.6 Å². The molecule has 300 valence electrons. The van der Waals surface area contributed by atoms with Crippen molar-refractivity contribution < 1.29 is 29.7 Å². The molecular weight excluding hydrogens is 652 g/mol. The van der Waals surface area contributed by atoms with Crippen LogP contribution in [0.15, 0.2) is 0 Å². The number of rotatable bonds is 23. The fraction of sp³-hybridized carbons (Fsp3) is 0.932. The van der Waals surface area contributed by atoms with Crippen LogP contribution in [0.4, 0.5) is 0 Å². The second-order valence-electron chi connectivity index (χ2n) is 18.5. The largest absolute Gasteiger partial charge is 0.480 e. The second-order valence-corrected chi connectivity index (χ2v) is 18.5. The molecular formula is C44H78N2O6. The molecule has 4 fully saturated rings. The number of carbonyl (C=O) groups excluding carboxylic acids is 2. The van der Waals surface area contributed by atoms with E-state index in [9.17, 15) is 24.6 Å². The molecule has 4 saturated carbocycles. The maximum absolute atomic E-state index is 13.0. The van der Waals surface area contributed by atoms with Crippen molar-refractivity contribution in [3.05, 3.63) is 0 Å². The summed E-state index contributed by atoms with van der Waals surface area (Å²) in [4.78, 5) is 36.1. The van der Waals surface area contributed by atoms with Gasteiger partial charge in [0.05, 0.1) is 12.2 Å². The van der Waals surface area contributed by atoms with Gasteiger partial charge in [-0.1, -0.05) is 118 Å². The zero-order valence-electron chi connectivity index (χ0n) is 33.6. The molecule has 2 amide bonds. The smallest absolute Gasteiger partial charge is 0.322 e. The third-order valence-corrected chi connectivity index (χ3v) is 15.2. The van der Waals surface area contributed by atoms with Gasteiger partial charge in [0, 0.05) is 18.9 Å². The monoisotopic (exact) mass is 731 g/mol. The van der Waals surface area contributed by atoms with Crippen LogP contribution in [0.3, 0.4) is 0 Å². The van der Waals surface area contributed by atoms with E-state index in [1.165, 1.54) is 83.5 Å². The van der Waals surface area contributed by atoms with Crippen molar-refractivity contribution in [2.45, 2.75) is 206 Å². The van der Waals surface area contributed by atoms with E-state index in [4.69, 9.17) is 5.11 Å². The standard InChI is InChI=1S/C44H78N2O6/c1-5-6-7-8-9-10-11-12-13-14-15-16-17-18-19-20-40(50)46-33-25-26-43(3)32(27-33)28-37(47)42-35-23-22-34(44(35,4)38(48)29-36(42)43)31(2)21-24-39(49)45-30-41(51)52/h31-38,42,47-48H,5-30H2,1-4H3,(H,45,49)(H,46,50)(H,51,52)/t31-,32+,33+,34-,35+,36+,37-,38+,42+,43+,44-/m1/s1. The van der Waals surface area contributed by atoms with Gasteiger partial charge in [-0.3, -0.25) is 14.4 Å². The molecule has 0 aromatic rings. The molecule has 0 spiro atoms. The SMILES string of the molecule is CCCCCCCCCCCCCCCCCC(=O)N[C@H]1CC[C@@]2(C)[C@@H](C1)C[C@@H](O)[C@@H]1[C@@H]2C[C@H](O)[C@]2(C)[C@@H]([C@H](C)CCC(=O)NCC(=O)O)CC[C@@H]12. The number of carbonyl (C=O) groups is 3. The number of aliphatic hydroxyl groups excluding tert-OH is 2. The number of unbranched alkanes of at least 4 members (excludes halogenated alkanes) is 14. The molecule has 5 N–H and O–H groups in total. The highest BCUT2D eigenvalue weighted by Gasteiger charge is 2.65. The molecule has 0 saturated heterocycles. The molecule has 0 aromatic carbocycles. The first-order chi connectivity index (χ1) is 24.9. The zero-order chi connectivity index (χ0) is 37.7. The van der Waals surface area contributed by atoms with Gasteiger partial charge in [0.25, 0.3) is 0 Å². The summed E-state index contributed by atoms with van der Waals surface area (Å²) in [7, 11) is 0. The van der Waals surface area contributed by atoms with Gasteiger partial charge in [-0.15, -0.1) is 0 Å². The van der Waals surface area contributed by atoms with Crippen LogP contribution < -0.4 is 10.6 Å². The minimum atomic E-state index is -1.04. The molecule has 0 bridgehead atoms. The molecule has 8 heteroatoms. The average Bonchev–Trinajstić information content (AvgIpc) is 3.47. The van der Waals surface area contributed by atoms with Gasteiger partial charge in [-0.2, -0.15) is 0 Å². The Bertz CT molecular complexity index is 1120. The Kier molecular flexibility index (Phi) is 17.3. The average molecular weight is 731 g/mol. The number of aliphatic hydroxyl groups is 2. The highest BCUT2D eigenvalue weighted by molar-refractivity contribution is 5.81. The number of hydrogen-bond acceptors (Lipinski definition) is 5. The first kappa shape index (κ1) is 43.1. The maximum atomic E-state index is 13.0. The highest BCUT2D eigenvalue weighted by Crippen LogP contribution is 2.68. The van der Waals surface area contributed by atoms with E-state index in [0.29, 0.717) is 25.2 Å². The van der Waals surface area contributed by atoms with Gasteiger partial charge in [0.15, 0.2) is 0 Å². The molecule has 11 atom stereocenters. The summed E-state index contributed by atoms with van der Waals surface area (Å²) in [6, 6.07) is 0.175. The third kappa shape index (κ3) is 11.2. The molecule has 0 aliphatic heterocycles. The summed E-state index contributed by atoms with van der Waals surface area (Å²) in [5.41, 5.74) is -0.256. The summed E-state index contributed by atoms with van der Waals surface area (Å²) < 4.78 is 0. The number of hydrogen-bond donors (Lipinski definition) is 5. The summed E-state index contributed by atoms with van der Waals surface area (Å²) in [5.74, 6) is 0.398. The van der Waals surface area contributed by atoms with Crippen molar-refractivity contribution in [1.29, 1.82) is 0 Å². The minimum absolute atomic E-state index is 0.0492. The van der Waals surface area contributed by atoms with Crippen molar-refractivity contribution in [3.8, 4) is 0 Å². The van der Waals surface area contributed by atoms with Crippen LogP contribution in [0.1, 0.15) is 188 Å². The molecule has 0 aromatic heterocycles. The summed E-state index contributed by atoms with van der Waals surface area (Å²) in [5, 5.41) is 38.5. The van der Waals surface area contributed by atoms with E-state index in [2.05, 4.69) is 38.3 Å². The Morgan fingerprint density at radius 1 is 0.731 bits per heavy atom. The predicted octanol–water partition coefficient (Wildman–Crippen LogP) is 8.95. The summed E-state index contributed by atoms with van der Waals surface area (Å²) >= 11 is 0. The van der Waals surface area contributed by atoms with E-state index >= 15 is 0 Å². The molecule has 4 aliphatic carbocycles. The Morgan fingerprint density at radius 2 is 1.33 bits per heavy atom. The lowest BCUT2D eigenvalue weighted by molar-refractivity contribution is -0.202. The topological polar surface area (TPSA) is 136 Å². The Morgan fingerprint density at radius 3 is 1.92 bits per heavy atom. The number of carboxylic acid groups (broad SMARTS) is 1. The zero-order valence-corrected chi connectivity index (χ0v) is 33.6. The molecule has 52 heavy (non-hydrogen) atoms. The fourth-order valence-corrected chi connectivity index (χ4v) is 12.1. The highest BCUT2D eigenvalue weighted by atomic mass is 16.4. The van der Waals surface area contributed by atoms with Gasteiger partial charge >= 0.3 is 5.97 Å².